The quantitative estimate of drug-likeness (QED) is 0.595. The van der Waals surface area contributed by atoms with Gasteiger partial charge in [-0.1, -0.05) is 11.6 Å². The Labute approximate surface area is 88.1 Å². The molecule has 0 saturated heterocycles. The van der Waals surface area contributed by atoms with E-state index in [1.807, 2.05) is 0 Å². The summed E-state index contributed by atoms with van der Waals surface area (Å²) in [7, 11) is 1.77. The fraction of sp³-hybridized carbons (Fsp3) is 0.300. The number of halogens is 1. The molecule has 74 valence electrons. The molecule has 0 aliphatic carbocycles. The average Bonchev–Trinajstić information content (AvgIpc) is 2.45. The molecule has 1 heterocycles. The second-order valence-corrected chi connectivity index (χ2v) is 3.30. The molecule has 0 bridgehead atoms. The summed E-state index contributed by atoms with van der Waals surface area (Å²) in [4.78, 5) is 11.5. The SMILES string of the molecule is C#CCCNC(=O)c1cc(Cl)cn1C. The van der Waals surface area contributed by atoms with Crippen molar-refractivity contribution in [3.05, 3.63) is 23.0 Å². The van der Waals surface area contributed by atoms with Crippen LogP contribution in [0.25, 0.3) is 0 Å². The number of hydrogen-bond acceptors (Lipinski definition) is 1. The van der Waals surface area contributed by atoms with Crippen LogP contribution >= 0.6 is 11.6 Å². The Morgan fingerprint density at radius 3 is 3.00 bits per heavy atom. The van der Waals surface area contributed by atoms with Gasteiger partial charge >= 0.3 is 0 Å². The summed E-state index contributed by atoms with van der Waals surface area (Å²) in [6, 6.07) is 1.62. The minimum absolute atomic E-state index is 0.158. The number of terminal acetylenes is 1. The number of hydrogen-bond donors (Lipinski definition) is 1. The first kappa shape index (κ1) is 10.7. The predicted molar refractivity (Wildman–Crippen MR) is 56.2 cm³/mol. The molecule has 0 aromatic carbocycles. The third-order valence-corrected chi connectivity index (χ3v) is 1.97. The fourth-order valence-corrected chi connectivity index (χ4v) is 1.34. The molecule has 0 saturated carbocycles. The molecule has 1 rings (SSSR count). The molecular formula is C10H11ClN2O. The average molecular weight is 211 g/mol. The van der Waals surface area contributed by atoms with Gasteiger partial charge in [0.25, 0.3) is 5.91 Å². The lowest BCUT2D eigenvalue weighted by atomic mass is 10.3. The molecule has 1 amide bonds. The zero-order valence-corrected chi connectivity index (χ0v) is 8.64. The van der Waals surface area contributed by atoms with Crippen molar-refractivity contribution in [1.82, 2.24) is 9.88 Å². The summed E-state index contributed by atoms with van der Waals surface area (Å²) in [6.07, 6.45) is 7.27. The van der Waals surface area contributed by atoms with E-state index in [1.54, 1.807) is 23.9 Å². The van der Waals surface area contributed by atoms with E-state index in [4.69, 9.17) is 18.0 Å². The molecule has 4 heteroatoms. The summed E-state index contributed by atoms with van der Waals surface area (Å²) < 4.78 is 1.67. The van der Waals surface area contributed by atoms with Crippen LogP contribution in [0.1, 0.15) is 16.9 Å². The number of nitrogens with zero attached hydrogens (tertiary/aromatic N) is 1. The number of aryl methyl sites for hydroxylation is 1. The van der Waals surface area contributed by atoms with E-state index < -0.39 is 0 Å². The Morgan fingerprint density at radius 2 is 2.50 bits per heavy atom. The van der Waals surface area contributed by atoms with Crippen LogP contribution in [0.2, 0.25) is 5.02 Å². The van der Waals surface area contributed by atoms with Crippen molar-refractivity contribution < 1.29 is 4.79 Å². The van der Waals surface area contributed by atoms with E-state index >= 15 is 0 Å². The highest BCUT2D eigenvalue weighted by Crippen LogP contribution is 2.12. The lowest BCUT2D eigenvalue weighted by Gasteiger charge is -2.03. The van der Waals surface area contributed by atoms with E-state index in [1.165, 1.54) is 0 Å². The molecule has 1 N–H and O–H groups in total. The molecule has 0 unspecified atom stereocenters. The first-order chi connectivity index (χ1) is 6.65. The van der Waals surface area contributed by atoms with Crippen molar-refractivity contribution >= 4 is 17.5 Å². The molecule has 0 fully saturated rings. The van der Waals surface area contributed by atoms with Crippen LogP contribution in [-0.4, -0.2) is 17.0 Å². The maximum atomic E-state index is 11.5. The van der Waals surface area contributed by atoms with Gasteiger partial charge in [-0.25, -0.2) is 0 Å². The molecule has 0 aliphatic rings. The number of rotatable bonds is 3. The van der Waals surface area contributed by atoms with Crippen LogP contribution in [0.5, 0.6) is 0 Å². The topological polar surface area (TPSA) is 34.0 Å². The van der Waals surface area contributed by atoms with Gasteiger partial charge in [0, 0.05) is 26.2 Å². The van der Waals surface area contributed by atoms with Gasteiger partial charge in [-0.3, -0.25) is 4.79 Å². The molecule has 14 heavy (non-hydrogen) atoms. The Balaban J connectivity index is 2.61. The van der Waals surface area contributed by atoms with Gasteiger partial charge in [-0.15, -0.1) is 12.3 Å². The normalized spacial score (nSPS) is 9.50. The Morgan fingerprint density at radius 1 is 1.79 bits per heavy atom. The maximum Gasteiger partial charge on any atom is 0.267 e. The number of carbonyl (C=O) groups excluding carboxylic acids is 1. The van der Waals surface area contributed by atoms with Crippen LogP contribution in [0.3, 0.4) is 0 Å². The van der Waals surface area contributed by atoms with Gasteiger partial charge in [-0.2, -0.15) is 0 Å². The monoisotopic (exact) mass is 210 g/mol. The highest BCUT2D eigenvalue weighted by atomic mass is 35.5. The van der Waals surface area contributed by atoms with Crippen molar-refractivity contribution in [3.63, 3.8) is 0 Å². The lowest BCUT2D eigenvalue weighted by Crippen LogP contribution is -2.25. The summed E-state index contributed by atoms with van der Waals surface area (Å²) in [5, 5.41) is 3.24. The van der Waals surface area contributed by atoms with E-state index in [0.29, 0.717) is 23.7 Å². The number of carbonyl (C=O) groups is 1. The van der Waals surface area contributed by atoms with Crippen molar-refractivity contribution in [3.8, 4) is 12.3 Å². The number of aromatic nitrogens is 1. The largest absolute Gasteiger partial charge is 0.350 e. The Bertz CT molecular complexity index is 376. The molecule has 0 radical (unpaired) electrons. The van der Waals surface area contributed by atoms with Crippen molar-refractivity contribution in [1.29, 1.82) is 0 Å². The van der Waals surface area contributed by atoms with E-state index in [-0.39, 0.29) is 5.91 Å². The minimum atomic E-state index is -0.158. The van der Waals surface area contributed by atoms with Gasteiger partial charge in [0.2, 0.25) is 0 Å². The van der Waals surface area contributed by atoms with E-state index in [9.17, 15) is 4.79 Å². The van der Waals surface area contributed by atoms with Gasteiger partial charge < -0.3 is 9.88 Å². The summed E-state index contributed by atoms with van der Waals surface area (Å²) in [5.41, 5.74) is 0.534. The van der Waals surface area contributed by atoms with Gasteiger partial charge in [0.15, 0.2) is 0 Å². The van der Waals surface area contributed by atoms with Crippen molar-refractivity contribution in [2.45, 2.75) is 6.42 Å². The lowest BCUT2D eigenvalue weighted by molar-refractivity contribution is 0.0946. The van der Waals surface area contributed by atoms with Crippen LogP contribution < -0.4 is 5.32 Å². The number of nitrogens with one attached hydrogen (secondary N) is 1. The molecule has 3 nitrogen and oxygen atoms in total. The smallest absolute Gasteiger partial charge is 0.267 e. The third-order valence-electron chi connectivity index (χ3n) is 1.76. The summed E-state index contributed by atoms with van der Waals surface area (Å²) in [5.74, 6) is 2.29. The second kappa shape index (κ2) is 4.73. The first-order valence-electron chi connectivity index (χ1n) is 4.18. The van der Waals surface area contributed by atoms with Gasteiger partial charge in [0.1, 0.15) is 5.69 Å². The summed E-state index contributed by atoms with van der Waals surface area (Å²) in [6.45, 7) is 0.484. The number of amides is 1. The molecule has 0 atom stereocenters. The fourth-order valence-electron chi connectivity index (χ4n) is 1.09. The third kappa shape index (κ3) is 2.54. The Hall–Kier alpha value is -1.40. The van der Waals surface area contributed by atoms with Crippen LogP contribution in [0, 0.1) is 12.3 Å². The van der Waals surface area contributed by atoms with Crippen LogP contribution in [-0.2, 0) is 7.05 Å². The van der Waals surface area contributed by atoms with Gasteiger partial charge in [0.05, 0.1) is 5.02 Å². The van der Waals surface area contributed by atoms with E-state index in [0.717, 1.165) is 0 Å². The van der Waals surface area contributed by atoms with Crippen molar-refractivity contribution in [2.75, 3.05) is 6.54 Å². The van der Waals surface area contributed by atoms with Crippen LogP contribution in [0.15, 0.2) is 12.3 Å². The Kier molecular flexibility index (Phi) is 3.61. The predicted octanol–water partition coefficient (Wildman–Crippen LogP) is 1.43. The maximum absolute atomic E-state index is 11.5. The van der Waals surface area contributed by atoms with E-state index in [2.05, 4.69) is 11.2 Å². The highest BCUT2D eigenvalue weighted by molar-refractivity contribution is 6.31. The molecule has 0 spiro atoms. The second-order valence-electron chi connectivity index (χ2n) is 2.86. The molecule has 0 aliphatic heterocycles. The summed E-state index contributed by atoms with van der Waals surface area (Å²) >= 11 is 5.74. The minimum Gasteiger partial charge on any atom is -0.350 e. The first-order valence-corrected chi connectivity index (χ1v) is 4.56. The van der Waals surface area contributed by atoms with Gasteiger partial charge in [-0.05, 0) is 6.07 Å². The zero-order chi connectivity index (χ0) is 10.6. The molecule has 1 aromatic heterocycles. The zero-order valence-electron chi connectivity index (χ0n) is 7.88. The van der Waals surface area contributed by atoms with Crippen molar-refractivity contribution in [2.24, 2.45) is 7.05 Å². The highest BCUT2D eigenvalue weighted by Gasteiger charge is 2.09. The standard InChI is InChI=1S/C10H11ClN2O/c1-3-4-5-12-10(14)9-6-8(11)7-13(9)2/h1,6-7H,4-5H2,2H3,(H,12,14). The molecular weight excluding hydrogens is 200 g/mol. The van der Waals surface area contributed by atoms with Crippen LogP contribution in [0.4, 0.5) is 0 Å². The molecule has 1 aromatic rings.